The van der Waals surface area contributed by atoms with Crippen LogP contribution in [0.25, 0.3) is 0 Å². The minimum Gasteiger partial charge on any atom is -0.480 e. The lowest BCUT2D eigenvalue weighted by atomic mass is 10.4. The molecular weight excluding hydrogens is 152 g/mol. The summed E-state index contributed by atoms with van der Waals surface area (Å²) in [5, 5.41) is 15.5. The molecule has 0 saturated carbocycles. The number of hydrogen-bond acceptors (Lipinski definition) is 4. The van der Waals surface area contributed by atoms with Gasteiger partial charge in [-0.05, 0) is 6.92 Å². The maximum Gasteiger partial charge on any atom is 0.320 e. The van der Waals surface area contributed by atoms with E-state index < -0.39 is 18.0 Å². The third-order valence-electron chi connectivity index (χ3n) is 0.564. The second-order valence-corrected chi connectivity index (χ2v) is 1.72. The molecule has 1 atom stereocenters. The van der Waals surface area contributed by atoms with Crippen LogP contribution in [0.2, 0.25) is 0 Å². The van der Waals surface area contributed by atoms with E-state index in [1.807, 2.05) is 0 Å². The maximum atomic E-state index is 9.57. The third kappa shape index (κ3) is 17.7. The van der Waals surface area contributed by atoms with Gasteiger partial charge in [-0.25, -0.2) is 0 Å². The summed E-state index contributed by atoms with van der Waals surface area (Å²) in [7, 11) is 0. The quantitative estimate of drug-likeness (QED) is 0.391. The first kappa shape index (κ1) is 12.5. The standard InChI is InChI=1S/C3H7NO2.C2H5NO2/c1-2(4)3(5)6;3-1-2(4)5/h2H,4H2,1H3,(H,5,6);1,3H2,(H,4,5). The summed E-state index contributed by atoms with van der Waals surface area (Å²) in [5.41, 5.74) is 9.41. The first-order valence-corrected chi connectivity index (χ1v) is 2.82. The molecule has 0 spiro atoms. The highest BCUT2D eigenvalue weighted by Gasteiger charge is 1.99. The van der Waals surface area contributed by atoms with E-state index in [1.54, 1.807) is 0 Å². The molecule has 0 rings (SSSR count). The molecule has 0 heterocycles. The minimum atomic E-state index is -0.968. The summed E-state index contributed by atoms with van der Waals surface area (Å²) >= 11 is 0. The van der Waals surface area contributed by atoms with Crippen LogP contribution in [0.4, 0.5) is 0 Å². The van der Waals surface area contributed by atoms with Crippen LogP contribution in [0.15, 0.2) is 0 Å². The molecule has 0 bridgehead atoms. The summed E-state index contributed by atoms with van der Waals surface area (Å²) in [4.78, 5) is 18.8. The van der Waals surface area contributed by atoms with Gasteiger partial charge in [-0.1, -0.05) is 0 Å². The van der Waals surface area contributed by atoms with Crippen LogP contribution in [0.5, 0.6) is 0 Å². The number of nitrogens with two attached hydrogens (primary N) is 2. The fourth-order valence-electron chi connectivity index (χ4n) is 0. The smallest absolute Gasteiger partial charge is 0.320 e. The number of carbonyl (C=O) groups is 2. The fraction of sp³-hybridized carbons (Fsp3) is 0.600. The topological polar surface area (TPSA) is 127 Å². The molecule has 0 saturated heterocycles. The average molecular weight is 164 g/mol. The van der Waals surface area contributed by atoms with E-state index in [2.05, 4.69) is 5.73 Å². The molecular formula is C5H12N2O4. The Morgan fingerprint density at radius 3 is 1.64 bits per heavy atom. The van der Waals surface area contributed by atoms with Gasteiger partial charge in [0.25, 0.3) is 0 Å². The number of aliphatic carboxylic acids is 2. The molecule has 6 heteroatoms. The number of rotatable bonds is 2. The first-order valence-electron chi connectivity index (χ1n) is 2.82. The second-order valence-electron chi connectivity index (χ2n) is 1.72. The van der Waals surface area contributed by atoms with Crippen molar-refractivity contribution in [1.29, 1.82) is 0 Å². The van der Waals surface area contributed by atoms with Gasteiger partial charge < -0.3 is 21.7 Å². The zero-order chi connectivity index (χ0) is 9.44. The number of hydrogen-bond donors (Lipinski definition) is 4. The summed E-state index contributed by atoms with van der Waals surface area (Å²) < 4.78 is 0. The van der Waals surface area contributed by atoms with E-state index in [0.29, 0.717) is 0 Å². The van der Waals surface area contributed by atoms with Crippen LogP contribution in [-0.4, -0.2) is 34.7 Å². The van der Waals surface area contributed by atoms with Gasteiger partial charge in [0.15, 0.2) is 0 Å². The van der Waals surface area contributed by atoms with Gasteiger partial charge in [0.05, 0.1) is 6.54 Å². The van der Waals surface area contributed by atoms with Crippen molar-refractivity contribution in [1.82, 2.24) is 0 Å². The molecule has 0 aliphatic carbocycles. The summed E-state index contributed by atoms with van der Waals surface area (Å²) in [6, 6.07) is -0.731. The van der Waals surface area contributed by atoms with E-state index >= 15 is 0 Å². The van der Waals surface area contributed by atoms with Gasteiger partial charge >= 0.3 is 11.9 Å². The van der Waals surface area contributed by atoms with Crippen molar-refractivity contribution < 1.29 is 19.8 Å². The van der Waals surface area contributed by atoms with E-state index in [4.69, 9.17) is 15.9 Å². The first-order chi connectivity index (χ1) is 4.91. The molecule has 6 nitrogen and oxygen atoms in total. The Morgan fingerprint density at radius 2 is 1.64 bits per heavy atom. The van der Waals surface area contributed by atoms with Crippen molar-refractivity contribution in [2.24, 2.45) is 11.5 Å². The van der Waals surface area contributed by atoms with Crippen LogP contribution in [0.3, 0.4) is 0 Å². The van der Waals surface area contributed by atoms with Gasteiger partial charge in [-0.2, -0.15) is 0 Å². The Hall–Kier alpha value is -1.14. The van der Waals surface area contributed by atoms with Crippen molar-refractivity contribution in [3.63, 3.8) is 0 Å². The highest BCUT2D eigenvalue weighted by molar-refractivity contribution is 5.72. The van der Waals surface area contributed by atoms with E-state index in [1.165, 1.54) is 6.92 Å². The van der Waals surface area contributed by atoms with Crippen LogP contribution in [-0.2, 0) is 9.59 Å². The van der Waals surface area contributed by atoms with E-state index in [-0.39, 0.29) is 6.54 Å². The molecule has 0 aromatic heterocycles. The van der Waals surface area contributed by atoms with Crippen LogP contribution >= 0.6 is 0 Å². The van der Waals surface area contributed by atoms with Crippen molar-refractivity contribution >= 4 is 11.9 Å². The predicted molar refractivity (Wildman–Crippen MR) is 38.0 cm³/mol. The Balaban J connectivity index is 0. The molecule has 0 aromatic carbocycles. The van der Waals surface area contributed by atoms with Crippen molar-refractivity contribution in [3.8, 4) is 0 Å². The normalized spacial score (nSPS) is 10.8. The van der Waals surface area contributed by atoms with Gasteiger partial charge in [0, 0.05) is 0 Å². The summed E-state index contributed by atoms with van der Waals surface area (Å²) in [6.45, 7) is 1.14. The SMILES string of the molecule is CC(N)C(=O)O.NCC(=O)O. The molecule has 0 aromatic rings. The average Bonchev–Trinajstić information content (AvgIpc) is 1.89. The molecule has 0 aliphatic heterocycles. The lowest BCUT2D eigenvalue weighted by Crippen LogP contribution is -2.25. The van der Waals surface area contributed by atoms with Crippen LogP contribution < -0.4 is 11.5 Å². The van der Waals surface area contributed by atoms with Crippen molar-refractivity contribution in [3.05, 3.63) is 0 Å². The summed E-state index contributed by atoms with van der Waals surface area (Å²) in [5.74, 6) is -1.93. The lowest BCUT2D eigenvalue weighted by molar-refractivity contribution is -0.138. The predicted octanol–water partition coefficient (Wildman–Crippen LogP) is -1.55. The third-order valence-corrected chi connectivity index (χ3v) is 0.564. The van der Waals surface area contributed by atoms with Crippen LogP contribution in [0.1, 0.15) is 6.92 Å². The Kier molecular flexibility index (Phi) is 7.94. The largest absolute Gasteiger partial charge is 0.480 e. The molecule has 1 unspecified atom stereocenters. The molecule has 0 amide bonds. The van der Waals surface area contributed by atoms with Gasteiger partial charge in [0.2, 0.25) is 0 Å². The molecule has 66 valence electrons. The fourth-order valence-corrected chi connectivity index (χ4v) is 0. The van der Waals surface area contributed by atoms with Gasteiger partial charge in [0.1, 0.15) is 6.04 Å². The zero-order valence-corrected chi connectivity index (χ0v) is 6.15. The Morgan fingerprint density at radius 1 is 1.45 bits per heavy atom. The molecule has 0 fully saturated rings. The summed E-state index contributed by atoms with van der Waals surface area (Å²) in [6.07, 6.45) is 0. The minimum absolute atomic E-state index is 0.278. The van der Waals surface area contributed by atoms with Gasteiger partial charge in [-0.15, -0.1) is 0 Å². The molecule has 6 N–H and O–H groups in total. The Bertz CT molecular complexity index is 134. The molecule has 11 heavy (non-hydrogen) atoms. The molecule has 0 radical (unpaired) electrons. The monoisotopic (exact) mass is 164 g/mol. The maximum absolute atomic E-state index is 9.57. The highest BCUT2D eigenvalue weighted by Crippen LogP contribution is 1.68. The van der Waals surface area contributed by atoms with Crippen molar-refractivity contribution in [2.75, 3.05) is 6.54 Å². The van der Waals surface area contributed by atoms with Crippen molar-refractivity contribution in [2.45, 2.75) is 13.0 Å². The zero-order valence-electron chi connectivity index (χ0n) is 6.15. The lowest BCUT2D eigenvalue weighted by Gasteiger charge is -1.90. The van der Waals surface area contributed by atoms with Crippen LogP contribution in [0, 0.1) is 0 Å². The van der Waals surface area contributed by atoms with Gasteiger partial charge in [-0.3, -0.25) is 9.59 Å². The highest BCUT2D eigenvalue weighted by atomic mass is 16.4. The number of carboxylic acid groups (broad SMARTS) is 2. The Labute approximate surface area is 63.8 Å². The second kappa shape index (κ2) is 6.97. The number of carboxylic acids is 2. The van der Waals surface area contributed by atoms with E-state index in [0.717, 1.165) is 0 Å². The van der Waals surface area contributed by atoms with E-state index in [9.17, 15) is 9.59 Å². The molecule has 0 aliphatic rings.